The Morgan fingerprint density at radius 1 is 0.826 bits per heavy atom. The summed E-state index contributed by atoms with van der Waals surface area (Å²) < 4.78 is 0. The number of nitrogens with one attached hydrogen (secondary N) is 3. The Morgan fingerprint density at radius 3 is 2.00 bits per heavy atom. The summed E-state index contributed by atoms with van der Waals surface area (Å²) in [6.45, 7) is 0.253. The van der Waals surface area contributed by atoms with E-state index in [2.05, 4.69) is 16.0 Å². The molecule has 3 N–H and O–H groups in total. The number of hydrogen-bond acceptors (Lipinski definition) is 2. The molecule has 0 radical (unpaired) electrons. The van der Waals surface area contributed by atoms with Gasteiger partial charge in [-0.2, -0.15) is 0 Å². The van der Waals surface area contributed by atoms with Crippen LogP contribution in [0.3, 0.4) is 0 Å². The molecule has 0 fully saturated rings. The number of amides is 3. The Balaban J connectivity index is 1.70. The molecule has 0 spiro atoms. The lowest BCUT2D eigenvalue weighted by Gasteiger charge is -2.08. The Bertz CT molecular complexity index is 673. The Morgan fingerprint density at radius 2 is 1.39 bits per heavy atom. The molecule has 2 rings (SSSR count). The van der Waals surface area contributed by atoms with Crippen molar-refractivity contribution < 1.29 is 9.59 Å². The molecule has 0 aliphatic carbocycles. The predicted octanol–water partition coefficient (Wildman–Crippen LogP) is 3.43. The van der Waals surface area contributed by atoms with Crippen LogP contribution in [0.4, 0.5) is 10.5 Å². The van der Waals surface area contributed by atoms with E-state index < -0.39 is 6.03 Å². The highest BCUT2D eigenvalue weighted by Crippen LogP contribution is 2.13. The number of halogens is 2. The second-order valence-corrected chi connectivity index (χ2v) is 5.59. The number of benzene rings is 2. The van der Waals surface area contributed by atoms with Crippen LogP contribution in [0.15, 0.2) is 48.5 Å². The van der Waals surface area contributed by atoms with Gasteiger partial charge in [-0.15, -0.1) is 0 Å². The van der Waals surface area contributed by atoms with Gasteiger partial charge in [0, 0.05) is 22.3 Å². The third kappa shape index (κ3) is 6.18. The van der Waals surface area contributed by atoms with Gasteiger partial charge >= 0.3 is 6.03 Å². The monoisotopic (exact) mass is 351 g/mol. The van der Waals surface area contributed by atoms with Crippen LogP contribution in [0.25, 0.3) is 0 Å². The molecule has 120 valence electrons. The van der Waals surface area contributed by atoms with Gasteiger partial charge in [0.15, 0.2) is 0 Å². The molecule has 0 heterocycles. The van der Waals surface area contributed by atoms with Gasteiger partial charge in [-0.3, -0.25) is 4.79 Å². The van der Waals surface area contributed by atoms with Gasteiger partial charge in [0.05, 0.1) is 6.54 Å². The molecule has 3 amide bonds. The molecule has 0 bridgehead atoms. The number of anilines is 1. The molecule has 23 heavy (non-hydrogen) atoms. The van der Waals surface area contributed by atoms with Gasteiger partial charge in [-0.25, -0.2) is 4.79 Å². The van der Waals surface area contributed by atoms with E-state index >= 15 is 0 Å². The maximum Gasteiger partial charge on any atom is 0.319 e. The number of urea groups is 1. The van der Waals surface area contributed by atoms with Gasteiger partial charge in [0.25, 0.3) is 0 Å². The van der Waals surface area contributed by atoms with E-state index in [1.54, 1.807) is 36.4 Å². The van der Waals surface area contributed by atoms with Crippen LogP contribution in [0.5, 0.6) is 0 Å². The van der Waals surface area contributed by atoms with Crippen LogP contribution in [-0.2, 0) is 11.3 Å². The van der Waals surface area contributed by atoms with E-state index in [1.807, 2.05) is 12.1 Å². The van der Waals surface area contributed by atoms with E-state index in [0.717, 1.165) is 5.56 Å². The summed E-state index contributed by atoms with van der Waals surface area (Å²) >= 11 is 11.5. The quantitative estimate of drug-likeness (QED) is 0.772. The van der Waals surface area contributed by atoms with Gasteiger partial charge in [-0.1, -0.05) is 35.3 Å². The Labute approximate surface area is 144 Å². The molecule has 2 aromatic carbocycles. The minimum absolute atomic E-state index is 0.118. The van der Waals surface area contributed by atoms with Crippen molar-refractivity contribution in [2.45, 2.75) is 6.54 Å². The molecule has 2 aromatic rings. The molecule has 0 aromatic heterocycles. The minimum atomic E-state index is -0.464. The van der Waals surface area contributed by atoms with Crippen LogP contribution in [0.1, 0.15) is 5.56 Å². The van der Waals surface area contributed by atoms with Crippen LogP contribution in [0.2, 0.25) is 10.0 Å². The smallest absolute Gasteiger partial charge is 0.319 e. The number of hydrogen-bond donors (Lipinski definition) is 3. The Kier molecular flexibility index (Phi) is 6.26. The molecule has 0 aliphatic rings. The van der Waals surface area contributed by atoms with E-state index in [4.69, 9.17) is 23.2 Å². The van der Waals surface area contributed by atoms with Gasteiger partial charge in [-0.05, 0) is 42.0 Å². The van der Waals surface area contributed by atoms with Crippen LogP contribution in [0, 0.1) is 0 Å². The van der Waals surface area contributed by atoms with Crippen molar-refractivity contribution in [2.24, 2.45) is 0 Å². The van der Waals surface area contributed by atoms with E-state index in [-0.39, 0.29) is 12.5 Å². The summed E-state index contributed by atoms with van der Waals surface area (Å²) in [7, 11) is 0. The summed E-state index contributed by atoms with van der Waals surface area (Å²) in [6.07, 6.45) is 0. The standard InChI is InChI=1S/C16H15Cl2N3O2/c17-12-3-1-11(2-4-12)9-19-15(22)10-20-16(23)21-14-7-5-13(18)6-8-14/h1-8H,9-10H2,(H,19,22)(H2,20,21,23). The zero-order chi connectivity index (χ0) is 16.7. The van der Waals surface area contributed by atoms with Crippen molar-refractivity contribution in [3.8, 4) is 0 Å². The molecular weight excluding hydrogens is 337 g/mol. The molecule has 0 saturated heterocycles. The van der Waals surface area contributed by atoms with Crippen LogP contribution < -0.4 is 16.0 Å². The highest BCUT2D eigenvalue weighted by atomic mass is 35.5. The fraction of sp³-hybridized carbons (Fsp3) is 0.125. The van der Waals surface area contributed by atoms with Gasteiger partial charge in [0.2, 0.25) is 5.91 Å². The Hall–Kier alpha value is -2.24. The van der Waals surface area contributed by atoms with E-state index in [1.165, 1.54) is 0 Å². The third-order valence-electron chi connectivity index (χ3n) is 2.91. The SMILES string of the molecule is O=C(CNC(=O)Nc1ccc(Cl)cc1)NCc1ccc(Cl)cc1. The molecule has 0 atom stereocenters. The molecule has 0 unspecified atom stereocenters. The average molecular weight is 352 g/mol. The molecule has 5 nitrogen and oxygen atoms in total. The first-order valence-corrected chi connectivity index (χ1v) is 7.60. The minimum Gasteiger partial charge on any atom is -0.350 e. The van der Waals surface area contributed by atoms with Crippen LogP contribution >= 0.6 is 23.2 Å². The molecular formula is C16H15Cl2N3O2. The number of carbonyl (C=O) groups is 2. The normalized spacial score (nSPS) is 10.0. The van der Waals surface area contributed by atoms with Crippen LogP contribution in [-0.4, -0.2) is 18.5 Å². The predicted molar refractivity (Wildman–Crippen MR) is 91.8 cm³/mol. The van der Waals surface area contributed by atoms with E-state index in [9.17, 15) is 9.59 Å². The number of rotatable bonds is 5. The second-order valence-electron chi connectivity index (χ2n) is 4.72. The van der Waals surface area contributed by atoms with Crippen molar-refractivity contribution in [3.63, 3.8) is 0 Å². The molecule has 7 heteroatoms. The topological polar surface area (TPSA) is 70.2 Å². The summed E-state index contributed by atoms with van der Waals surface area (Å²) in [6, 6.07) is 13.3. The summed E-state index contributed by atoms with van der Waals surface area (Å²) in [5.74, 6) is -0.286. The highest BCUT2D eigenvalue weighted by Gasteiger charge is 2.05. The lowest BCUT2D eigenvalue weighted by Crippen LogP contribution is -2.38. The lowest BCUT2D eigenvalue weighted by molar-refractivity contribution is -0.120. The highest BCUT2D eigenvalue weighted by molar-refractivity contribution is 6.30. The average Bonchev–Trinajstić information content (AvgIpc) is 2.54. The zero-order valence-corrected chi connectivity index (χ0v) is 13.6. The zero-order valence-electron chi connectivity index (χ0n) is 12.1. The fourth-order valence-electron chi connectivity index (χ4n) is 1.73. The summed E-state index contributed by atoms with van der Waals surface area (Å²) in [5.41, 5.74) is 1.52. The van der Waals surface area contributed by atoms with Gasteiger partial charge in [0.1, 0.15) is 0 Å². The lowest BCUT2D eigenvalue weighted by atomic mass is 10.2. The maximum atomic E-state index is 11.7. The van der Waals surface area contributed by atoms with Crippen molar-refractivity contribution in [1.29, 1.82) is 0 Å². The van der Waals surface area contributed by atoms with Crippen molar-refractivity contribution in [1.82, 2.24) is 10.6 Å². The third-order valence-corrected chi connectivity index (χ3v) is 3.42. The largest absolute Gasteiger partial charge is 0.350 e. The first-order chi connectivity index (χ1) is 11.0. The van der Waals surface area contributed by atoms with Crippen molar-refractivity contribution in [3.05, 3.63) is 64.1 Å². The first kappa shape index (κ1) is 17.1. The van der Waals surface area contributed by atoms with Crippen molar-refractivity contribution in [2.75, 3.05) is 11.9 Å². The fourth-order valence-corrected chi connectivity index (χ4v) is 1.99. The number of carbonyl (C=O) groups excluding carboxylic acids is 2. The summed E-state index contributed by atoms with van der Waals surface area (Å²) in [4.78, 5) is 23.4. The molecule has 0 aliphatic heterocycles. The first-order valence-electron chi connectivity index (χ1n) is 6.84. The maximum absolute atomic E-state index is 11.7. The molecule has 0 saturated carbocycles. The van der Waals surface area contributed by atoms with Crippen molar-refractivity contribution >= 4 is 40.8 Å². The van der Waals surface area contributed by atoms with E-state index in [0.29, 0.717) is 22.3 Å². The second kappa shape index (κ2) is 8.41. The summed E-state index contributed by atoms with van der Waals surface area (Å²) in [5, 5.41) is 9.00. The van der Waals surface area contributed by atoms with Gasteiger partial charge < -0.3 is 16.0 Å².